The van der Waals surface area contributed by atoms with Crippen LogP contribution in [0.5, 0.6) is 11.5 Å². The number of rotatable bonds is 6. The van der Waals surface area contributed by atoms with Crippen LogP contribution in [0.25, 0.3) is 0 Å². The summed E-state index contributed by atoms with van der Waals surface area (Å²) in [7, 11) is 3.12. The fourth-order valence-electron chi connectivity index (χ4n) is 1.73. The van der Waals surface area contributed by atoms with Gasteiger partial charge in [-0.15, -0.1) is 0 Å². The van der Waals surface area contributed by atoms with Gasteiger partial charge in [0.2, 0.25) is 5.82 Å². The van der Waals surface area contributed by atoms with Crippen molar-refractivity contribution in [2.24, 2.45) is 0 Å². The third-order valence-electron chi connectivity index (χ3n) is 2.77. The van der Waals surface area contributed by atoms with Crippen molar-refractivity contribution >= 4 is 11.5 Å². The Kier molecular flexibility index (Phi) is 4.04. The molecule has 0 atom stereocenters. The van der Waals surface area contributed by atoms with E-state index in [-0.39, 0.29) is 11.5 Å². The van der Waals surface area contributed by atoms with Crippen LogP contribution in [0.3, 0.4) is 0 Å². The first kappa shape index (κ1) is 13.7. The van der Waals surface area contributed by atoms with Crippen molar-refractivity contribution in [1.82, 2.24) is 10.2 Å². The normalized spacial score (nSPS) is 10.1. The van der Waals surface area contributed by atoms with E-state index in [9.17, 15) is 10.1 Å². The number of hydrogen-bond acceptors (Lipinski definition) is 6. The van der Waals surface area contributed by atoms with Crippen molar-refractivity contribution in [3.8, 4) is 11.5 Å². The second-order valence-corrected chi connectivity index (χ2v) is 3.92. The minimum atomic E-state index is -0.503. The van der Waals surface area contributed by atoms with E-state index in [2.05, 4.69) is 15.5 Å². The van der Waals surface area contributed by atoms with E-state index in [1.807, 2.05) is 6.07 Å². The zero-order chi connectivity index (χ0) is 14.5. The lowest BCUT2D eigenvalue weighted by atomic mass is 10.2. The molecule has 0 aliphatic heterocycles. The van der Waals surface area contributed by atoms with E-state index in [4.69, 9.17) is 9.47 Å². The summed E-state index contributed by atoms with van der Waals surface area (Å²) in [6.07, 6.45) is 1.16. The summed E-state index contributed by atoms with van der Waals surface area (Å²) in [6.45, 7) is 0.357. The average molecular weight is 278 g/mol. The van der Waals surface area contributed by atoms with Crippen molar-refractivity contribution in [2.75, 3.05) is 19.5 Å². The Morgan fingerprint density at radius 2 is 2.20 bits per heavy atom. The molecule has 0 amide bonds. The Labute approximate surface area is 114 Å². The van der Waals surface area contributed by atoms with Gasteiger partial charge in [-0.3, -0.25) is 15.2 Å². The maximum Gasteiger partial charge on any atom is 0.330 e. The molecule has 2 aromatic rings. The molecule has 1 aromatic carbocycles. The van der Waals surface area contributed by atoms with Crippen LogP contribution in [0.1, 0.15) is 5.56 Å². The smallest absolute Gasteiger partial charge is 0.330 e. The summed E-state index contributed by atoms with van der Waals surface area (Å²) in [4.78, 5) is 10.3. The summed E-state index contributed by atoms with van der Waals surface area (Å²) in [5, 5.41) is 19.9. The van der Waals surface area contributed by atoms with Gasteiger partial charge in [0.15, 0.2) is 0 Å². The van der Waals surface area contributed by atoms with Crippen LogP contribution in [0.4, 0.5) is 11.5 Å². The molecule has 8 heteroatoms. The monoisotopic (exact) mass is 278 g/mol. The molecule has 1 heterocycles. The largest absolute Gasteiger partial charge is 0.497 e. The number of hydrogen-bond donors (Lipinski definition) is 2. The van der Waals surface area contributed by atoms with Gasteiger partial charge in [-0.1, -0.05) is 0 Å². The van der Waals surface area contributed by atoms with Crippen LogP contribution >= 0.6 is 0 Å². The molecule has 0 bridgehead atoms. The van der Waals surface area contributed by atoms with Crippen LogP contribution < -0.4 is 14.8 Å². The van der Waals surface area contributed by atoms with E-state index in [0.29, 0.717) is 18.0 Å². The Bertz CT molecular complexity index is 611. The van der Waals surface area contributed by atoms with E-state index in [0.717, 1.165) is 11.8 Å². The summed E-state index contributed by atoms with van der Waals surface area (Å²) in [5.74, 6) is 1.57. The number of benzene rings is 1. The topological polar surface area (TPSA) is 102 Å². The van der Waals surface area contributed by atoms with Crippen molar-refractivity contribution in [2.45, 2.75) is 6.54 Å². The number of nitrogens with zero attached hydrogens (tertiary/aromatic N) is 2. The first-order valence-electron chi connectivity index (χ1n) is 5.78. The number of aromatic nitrogens is 2. The van der Waals surface area contributed by atoms with Crippen LogP contribution in [-0.4, -0.2) is 29.3 Å². The summed E-state index contributed by atoms with van der Waals surface area (Å²) >= 11 is 0. The number of methoxy groups -OCH3 is 2. The van der Waals surface area contributed by atoms with Crippen molar-refractivity contribution in [3.63, 3.8) is 0 Å². The molecule has 8 nitrogen and oxygen atoms in total. The van der Waals surface area contributed by atoms with Gasteiger partial charge in [-0.25, -0.2) is 0 Å². The van der Waals surface area contributed by atoms with E-state index in [1.54, 1.807) is 26.4 Å². The predicted molar refractivity (Wildman–Crippen MR) is 72.1 cm³/mol. The molecule has 2 rings (SSSR count). The fraction of sp³-hybridized carbons (Fsp3) is 0.250. The van der Waals surface area contributed by atoms with E-state index in [1.165, 1.54) is 0 Å². The van der Waals surface area contributed by atoms with E-state index < -0.39 is 4.92 Å². The van der Waals surface area contributed by atoms with Gasteiger partial charge >= 0.3 is 5.69 Å². The number of nitro groups is 1. The van der Waals surface area contributed by atoms with Crippen LogP contribution in [0.15, 0.2) is 24.4 Å². The summed E-state index contributed by atoms with van der Waals surface area (Å²) in [6, 6.07) is 5.37. The molecule has 0 radical (unpaired) electrons. The van der Waals surface area contributed by atoms with Crippen molar-refractivity contribution in [1.29, 1.82) is 0 Å². The van der Waals surface area contributed by atoms with Gasteiger partial charge < -0.3 is 14.8 Å². The summed E-state index contributed by atoms with van der Waals surface area (Å²) < 4.78 is 10.4. The third-order valence-corrected chi connectivity index (χ3v) is 2.77. The van der Waals surface area contributed by atoms with Crippen LogP contribution in [0, 0.1) is 10.1 Å². The van der Waals surface area contributed by atoms with Gasteiger partial charge in [0.25, 0.3) is 0 Å². The standard InChI is InChI=1S/C12H14N4O4/c1-19-9-4-3-8(11(5-9)20-2)6-13-12-10(16(17)18)7-14-15-12/h3-5,7H,6H2,1-2H3,(H2,13,14,15). The number of aromatic amines is 1. The fourth-order valence-corrected chi connectivity index (χ4v) is 1.73. The number of nitrogens with one attached hydrogen (secondary N) is 2. The van der Waals surface area contributed by atoms with Crippen LogP contribution in [0.2, 0.25) is 0 Å². The van der Waals surface area contributed by atoms with Gasteiger partial charge in [0, 0.05) is 18.2 Å². The molecule has 0 saturated heterocycles. The van der Waals surface area contributed by atoms with Gasteiger partial charge in [-0.2, -0.15) is 5.10 Å². The Morgan fingerprint density at radius 1 is 1.40 bits per heavy atom. The zero-order valence-electron chi connectivity index (χ0n) is 11.0. The van der Waals surface area contributed by atoms with E-state index >= 15 is 0 Å². The molecular formula is C12H14N4O4. The molecule has 0 aliphatic rings. The molecule has 0 fully saturated rings. The highest BCUT2D eigenvalue weighted by molar-refractivity contribution is 5.55. The van der Waals surface area contributed by atoms with Gasteiger partial charge in [-0.05, 0) is 12.1 Å². The molecular weight excluding hydrogens is 264 g/mol. The minimum Gasteiger partial charge on any atom is -0.497 e. The van der Waals surface area contributed by atoms with Gasteiger partial charge in [0.1, 0.15) is 17.7 Å². The molecule has 1 aromatic heterocycles. The molecule has 0 unspecified atom stereocenters. The van der Waals surface area contributed by atoms with Gasteiger partial charge in [0.05, 0.1) is 19.1 Å². The highest BCUT2D eigenvalue weighted by Gasteiger charge is 2.16. The molecule has 2 N–H and O–H groups in total. The first-order valence-corrected chi connectivity index (χ1v) is 5.78. The summed E-state index contributed by atoms with van der Waals surface area (Å²) in [5.41, 5.74) is 0.745. The number of ether oxygens (including phenoxy) is 2. The maximum atomic E-state index is 10.8. The lowest BCUT2D eigenvalue weighted by Gasteiger charge is -2.10. The minimum absolute atomic E-state index is 0.0996. The lowest BCUT2D eigenvalue weighted by Crippen LogP contribution is -2.04. The molecule has 20 heavy (non-hydrogen) atoms. The zero-order valence-corrected chi connectivity index (χ0v) is 11.0. The highest BCUT2D eigenvalue weighted by Crippen LogP contribution is 2.26. The second-order valence-electron chi connectivity index (χ2n) is 3.92. The molecule has 0 saturated carbocycles. The molecule has 0 spiro atoms. The molecule has 0 aliphatic carbocycles. The second kappa shape index (κ2) is 5.91. The van der Waals surface area contributed by atoms with Crippen molar-refractivity contribution < 1.29 is 14.4 Å². The lowest BCUT2D eigenvalue weighted by molar-refractivity contribution is -0.384. The maximum absolute atomic E-state index is 10.8. The Hall–Kier alpha value is -2.77. The Balaban J connectivity index is 2.14. The molecule has 106 valence electrons. The van der Waals surface area contributed by atoms with Crippen molar-refractivity contribution in [3.05, 3.63) is 40.1 Å². The SMILES string of the molecule is COc1ccc(CNc2[nH]ncc2[N+](=O)[O-])c(OC)c1. The average Bonchev–Trinajstić information content (AvgIpc) is 2.93. The first-order chi connectivity index (χ1) is 9.65. The van der Waals surface area contributed by atoms with Crippen LogP contribution in [-0.2, 0) is 6.54 Å². The quantitative estimate of drug-likeness (QED) is 0.618. The number of H-pyrrole nitrogens is 1. The Morgan fingerprint density at radius 3 is 2.85 bits per heavy atom. The third kappa shape index (κ3) is 2.79. The number of anilines is 1. The highest BCUT2D eigenvalue weighted by atomic mass is 16.6. The predicted octanol–water partition coefficient (Wildman–Crippen LogP) is 1.95.